The van der Waals surface area contributed by atoms with Crippen molar-refractivity contribution in [1.29, 1.82) is 0 Å². The molecule has 0 atom stereocenters. The number of halogens is 1. The molecule has 1 aromatic rings. The molecule has 0 spiro atoms. The molecule has 18 heavy (non-hydrogen) atoms. The van der Waals surface area contributed by atoms with E-state index in [9.17, 15) is 5.11 Å². The van der Waals surface area contributed by atoms with Gasteiger partial charge in [-0.05, 0) is 38.3 Å². The predicted octanol–water partition coefficient (Wildman–Crippen LogP) is 3.82. The van der Waals surface area contributed by atoms with Crippen molar-refractivity contribution < 1.29 is 5.11 Å². The van der Waals surface area contributed by atoms with Crippen molar-refractivity contribution in [2.75, 3.05) is 6.54 Å². The highest BCUT2D eigenvalue weighted by Crippen LogP contribution is 2.46. The van der Waals surface area contributed by atoms with Gasteiger partial charge in [0.05, 0.1) is 0 Å². The second-order valence-corrected chi connectivity index (χ2v) is 5.98. The number of nitrogens with two attached hydrogens (primary N) is 1. The van der Waals surface area contributed by atoms with Crippen LogP contribution in [0.3, 0.4) is 0 Å². The second kappa shape index (κ2) is 5.10. The zero-order valence-corrected chi connectivity index (χ0v) is 12.0. The van der Waals surface area contributed by atoms with Gasteiger partial charge in [0.1, 0.15) is 5.75 Å². The third-order valence-corrected chi connectivity index (χ3v) is 4.81. The fraction of sp³-hybridized carbons (Fsp3) is 0.600. The number of phenols is 1. The minimum Gasteiger partial charge on any atom is -0.507 e. The molecule has 0 aromatic heterocycles. The maximum atomic E-state index is 10.5. The fourth-order valence-electron chi connectivity index (χ4n) is 3.31. The summed E-state index contributed by atoms with van der Waals surface area (Å²) < 4.78 is 0. The van der Waals surface area contributed by atoms with Gasteiger partial charge in [0.25, 0.3) is 0 Å². The van der Waals surface area contributed by atoms with E-state index in [1.165, 1.54) is 19.3 Å². The van der Waals surface area contributed by atoms with Gasteiger partial charge in [0.2, 0.25) is 0 Å². The van der Waals surface area contributed by atoms with Gasteiger partial charge in [-0.3, -0.25) is 0 Å². The molecule has 2 nitrogen and oxygen atoms in total. The van der Waals surface area contributed by atoms with Crippen molar-refractivity contribution in [3.63, 3.8) is 0 Å². The molecular formula is C15H22ClNO. The molecule has 1 saturated carbocycles. The monoisotopic (exact) mass is 267 g/mol. The highest BCUT2D eigenvalue weighted by Gasteiger charge is 2.36. The normalized spacial score (nSPS) is 18.9. The average Bonchev–Trinajstić information content (AvgIpc) is 2.37. The third-order valence-electron chi connectivity index (χ3n) is 4.42. The molecule has 1 fully saturated rings. The van der Waals surface area contributed by atoms with Crippen LogP contribution in [0, 0.1) is 13.8 Å². The van der Waals surface area contributed by atoms with E-state index in [1.54, 1.807) is 0 Å². The molecular weight excluding hydrogens is 246 g/mol. The van der Waals surface area contributed by atoms with Crippen LogP contribution >= 0.6 is 11.6 Å². The number of benzene rings is 1. The Kier molecular flexibility index (Phi) is 3.88. The Hall–Kier alpha value is -0.730. The summed E-state index contributed by atoms with van der Waals surface area (Å²) >= 11 is 6.13. The first kappa shape index (κ1) is 13.7. The molecule has 3 heteroatoms. The predicted molar refractivity (Wildman–Crippen MR) is 76.4 cm³/mol. The van der Waals surface area contributed by atoms with Gasteiger partial charge in [-0.1, -0.05) is 30.9 Å². The first-order valence-electron chi connectivity index (χ1n) is 6.71. The summed E-state index contributed by atoms with van der Waals surface area (Å²) in [5, 5.41) is 11.1. The number of phenolic OH excluding ortho intramolecular Hbond substituents is 1. The highest BCUT2D eigenvalue weighted by atomic mass is 35.5. The summed E-state index contributed by atoms with van der Waals surface area (Å²) in [6, 6.07) is 1.96. The lowest BCUT2D eigenvalue weighted by Gasteiger charge is -2.38. The van der Waals surface area contributed by atoms with Crippen LogP contribution < -0.4 is 5.73 Å². The standard InChI is InChI=1S/C15H22ClNO/c1-10-8-12(16)11(2)14(18)13(10)15(9-17)6-4-3-5-7-15/h8,18H,3-7,9,17H2,1-2H3. The molecule has 0 unspecified atom stereocenters. The zero-order valence-electron chi connectivity index (χ0n) is 11.2. The minimum absolute atomic E-state index is 0.0538. The summed E-state index contributed by atoms with van der Waals surface area (Å²) in [4.78, 5) is 0. The Bertz CT molecular complexity index is 450. The summed E-state index contributed by atoms with van der Waals surface area (Å²) in [6.45, 7) is 4.49. The van der Waals surface area contributed by atoms with E-state index in [-0.39, 0.29) is 5.41 Å². The number of aromatic hydroxyl groups is 1. The number of hydrogen-bond donors (Lipinski definition) is 2. The molecule has 0 amide bonds. The van der Waals surface area contributed by atoms with Gasteiger partial charge in [-0.25, -0.2) is 0 Å². The van der Waals surface area contributed by atoms with Crippen molar-refractivity contribution in [2.45, 2.75) is 51.4 Å². The second-order valence-electron chi connectivity index (χ2n) is 5.57. The smallest absolute Gasteiger partial charge is 0.124 e. The van der Waals surface area contributed by atoms with Crippen LogP contribution in [0.4, 0.5) is 0 Å². The van der Waals surface area contributed by atoms with Gasteiger partial charge >= 0.3 is 0 Å². The third kappa shape index (κ3) is 2.12. The largest absolute Gasteiger partial charge is 0.507 e. The Labute approximate surface area is 114 Å². The van der Waals surface area contributed by atoms with E-state index in [1.807, 2.05) is 19.9 Å². The van der Waals surface area contributed by atoms with Gasteiger partial charge in [0, 0.05) is 28.1 Å². The lowest BCUT2D eigenvalue weighted by atomic mass is 9.67. The van der Waals surface area contributed by atoms with Crippen LogP contribution in [0.1, 0.15) is 48.8 Å². The molecule has 0 saturated heterocycles. The molecule has 1 aromatic carbocycles. The van der Waals surface area contributed by atoms with Crippen molar-refractivity contribution in [1.82, 2.24) is 0 Å². The molecule has 0 heterocycles. The average molecular weight is 268 g/mol. The van der Waals surface area contributed by atoms with Crippen LogP contribution in [0.15, 0.2) is 6.07 Å². The molecule has 2 rings (SSSR count). The summed E-state index contributed by atoms with van der Waals surface area (Å²) in [6.07, 6.45) is 5.79. The van der Waals surface area contributed by atoms with Crippen molar-refractivity contribution in [3.8, 4) is 5.75 Å². The van der Waals surface area contributed by atoms with Gasteiger partial charge in [-0.2, -0.15) is 0 Å². The van der Waals surface area contributed by atoms with Crippen LogP contribution in [-0.2, 0) is 5.41 Å². The molecule has 1 aliphatic rings. The number of aryl methyl sites for hydroxylation is 1. The molecule has 0 bridgehead atoms. The lowest BCUT2D eigenvalue weighted by Crippen LogP contribution is -2.38. The number of rotatable bonds is 2. The van der Waals surface area contributed by atoms with Crippen molar-refractivity contribution in [3.05, 3.63) is 27.8 Å². The zero-order chi connectivity index (χ0) is 13.3. The van der Waals surface area contributed by atoms with Crippen LogP contribution in [-0.4, -0.2) is 11.7 Å². The maximum Gasteiger partial charge on any atom is 0.124 e. The van der Waals surface area contributed by atoms with Crippen molar-refractivity contribution >= 4 is 11.6 Å². The summed E-state index contributed by atoms with van der Waals surface area (Å²) in [5.41, 5.74) is 8.87. The van der Waals surface area contributed by atoms with Crippen LogP contribution in [0.25, 0.3) is 0 Å². The van der Waals surface area contributed by atoms with Gasteiger partial charge in [0.15, 0.2) is 0 Å². The number of hydrogen-bond acceptors (Lipinski definition) is 2. The first-order chi connectivity index (χ1) is 8.52. The van der Waals surface area contributed by atoms with Gasteiger partial charge in [-0.15, -0.1) is 0 Å². The molecule has 0 radical (unpaired) electrons. The quantitative estimate of drug-likeness (QED) is 0.856. The topological polar surface area (TPSA) is 46.2 Å². The fourth-order valence-corrected chi connectivity index (χ4v) is 3.57. The Morgan fingerprint density at radius 1 is 1.28 bits per heavy atom. The molecule has 3 N–H and O–H groups in total. The van der Waals surface area contributed by atoms with E-state index in [0.717, 1.165) is 29.5 Å². The summed E-state index contributed by atoms with van der Waals surface area (Å²) in [7, 11) is 0. The molecule has 0 aliphatic heterocycles. The maximum absolute atomic E-state index is 10.5. The first-order valence-corrected chi connectivity index (χ1v) is 7.09. The van der Waals surface area contributed by atoms with E-state index in [4.69, 9.17) is 17.3 Å². The van der Waals surface area contributed by atoms with Crippen molar-refractivity contribution in [2.24, 2.45) is 5.73 Å². The minimum atomic E-state index is -0.0538. The molecule has 100 valence electrons. The lowest BCUT2D eigenvalue weighted by molar-refractivity contribution is 0.289. The van der Waals surface area contributed by atoms with E-state index in [0.29, 0.717) is 17.3 Å². The molecule has 1 aliphatic carbocycles. The Morgan fingerprint density at radius 2 is 1.89 bits per heavy atom. The SMILES string of the molecule is Cc1cc(Cl)c(C)c(O)c1C1(CN)CCCCC1. The Balaban J connectivity index is 2.58. The van der Waals surface area contributed by atoms with E-state index in [2.05, 4.69) is 0 Å². The van der Waals surface area contributed by atoms with Crippen LogP contribution in [0.2, 0.25) is 5.02 Å². The summed E-state index contributed by atoms with van der Waals surface area (Å²) in [5.74, 6) is 0.354. The Morgan fingerprint density at radius 3 is 2.44 bits per heavy atom. The van der Waals surface area contributed by atoms with E-state index < -0.39 is 0 Å². The van der Waals surface area contributed by atoms with Crippen LogP contribution in [0.5, 0.6) is 5.75 Å². The highest BCUT2D eigenvalue weighted by molar-refractivity contribution is 6.31. The van der Waals surface area contributed by atoms with Gasteiger partial charge < -0.3 is 10.8 Å². The van der Waals surface area contributed by atoms with E-state index >= 15 is 0 Å².